The molecule has 2 aliphatic rings. The van der Waals surface area contributed by atoms with Gasteiger partial charge in [-0.15, -0.1) is 0 Å². The summed E-state index contributed by atoms with van der Waals surface area (Å²) in [5.74, 6) is 0. The Balaban J connectivity index is 2.09. The zero-order valence-electron chi connectivity index (χ0n) is 7.55. The molecule has 0 aliphatic carbocycles. The predicted molar refractivity (Wildman–Crippen MR) is 44.9 cm³/mol. The maximum absolute atomic E-state index is 13.1. The summed E-state index contributed by atoms with van der Waals surface area (Å²) in [6.45, 7) is 2.39. The van der Waals surface area contributed by atoms with Crippen LogP contribution in [0.4, 0.5) is 4.39 Å². The molecule has 1 unspecified atom stereocenters. The van der Waals surface area contributed by atoms with Crippen LogP contribution in [0.5, 0.6) is 0 Å². The average Bonchev–Trinajstić information content (AvgIpc) is 2.44. The van der Waals surface area contributed by atoms with Crippen LogP contribution in [0.15, 0.2) is 0 Å². The Kier molecular flexibility index (Phi) is 2.09. The first kappa shape index (κ1) is 8.45. The van der Waals surface area contributed by atoms with Gasteiger partial charge in [-0.2, -0.15) is 0 Å². The van der Waals surface area contributed by atoms with Gasteiger partial charge in [0.05, 0.1) is 6.61 Å². The summed E-state index contributed by atoms with van der Waals surface area (Å²) in [6, 6.07) is 0. The van der Waals surface area contributed by atoms with Gasteiger partial charge in [0, 0.05) is 25.6 Å². The van der Waals surface area contributed by atoms with Crippen molar-refractivity contribution in [2.75, 3.05) is 26.8 Å². The molecule has 0 aromatic rings. The molecule has 0 amide bonds. The minimum absolute atomic E-state index is 0.0637. The summed E-state index contributed by atoms with van der Waals surface area (Å²) < 4.78 is 18.3. The first-order valence-corrected chi connectivity index (χ1v) is 4.65. The molecule has 2 rings (SSSR count). The van der Waals surface area contributed by atoms with Crippen molar-refractivity contribution in [1.82, 2.24) is 4.90 Å². The van der Waals surface area contributed by atoms with Gasteiger partial charge in [0.15, 0.2) is 0 Å². The van der Waals surface area contributed by atoms with Gasteiger partial charge >= 0.3 is 0 Å². The molecular formula is C9H16FNO. The molecular weight excluding hydrogens is 157 g/mol. The van der Waals surface area contributed by atoms with Crippen LogP contribution in [0.2, 0.25) is 0 Å². The predicted octanol–water partition coefficient (Wildman–Crippen LogP) is 1.21. The van der Waals surface area contributed by atoms with Gasteiger partial charge in [-0.3, -0.25) is 4.90 Å². The second-order valence-corrected chi connectivity index (χ2v) is 4.01. The first-order chi connectivity index (χ1) is 5.77. The van der Waals surface area contributed by atoms with Crippen LogP contribution < -0.4 is 0 Å². The number of rotatable bonds is 2. The molecule has 12 heavy (non-hydrogen) atoms. The largest absolute Gasteiger partial charge is 0.383 e. The molecule has 0 aromatic heterocycles. The molecule has 70 valence electrons. The van der Waals surface area contributed by atoms with E-state index in [0.717, 1.165) is 13.0 Å². The Labute approximate surface area is 72.7 Å². The topological polar surface area (TPSA) is 12.5 Å². The van der Waals surface area contributed by atoms with Gasteiger partial charge in [-0.25, -0.2) is 4.39 Å². The van der Waals surface area contributed by atoms with Crippen molar-refractivity contribution >= 4 is 0 Å². The fourth-order valence-corrected chi connectivity index (χ4v) is 2.72. The second kappa shape index (κ2) is 2.96. The van der Waals surface area contributed by atoms with E-state index in [2.05, 4.69) is 4.90 Å². The normalized spacial score (nSPS) is 42.0. The van der Waals surface area contributed by atoms with E-state index >= 15 is 0 Å². The fourth-order valence-electron chi connectivity index (χ4n) is 2.72. The maximum Gasteiger partial charge on any atom is 0.115 e. The Hall–Kier alpha value is -0.150. The molecule has 2 atom stereocenters. The molecule has 2 fully saturated rings. The Bertz CT molecular complexity index is 176. The van der Waals surface area contributed by atoms with Gasteiger partial charge in [0.1, 0.15) is 6.17 Å². The number of hydrogen-bond acceptors (Lipinski definition) is 2. The number of alkyl halides is 1. The number of fused-ring (bicyclic) bond motifs is 1. The van der Waals surface area contributed by atoms with E-state index in [1.54, 1.807) is 7.11 Å². The number of hydrogen-bond donors (Lipinski definition) is 0. The number of halogens is 1. The fraction of sp³-hybridized carbons (Fsp3) is 1.00. The first-order valence-electron chi connectivity index (χ1n) is 4.65. The minimum atomic E-state index is -0.625. The van der Waals surface area contributed by atoms with Crippen LogP contribution in [0.25, 0.3) is 0 Å². The lowest BCUT2D eigenvalue weighted by Crippen LogP contribution is -2.42. The number of methoxy groups -OCH3 is 1. The molecule has 0 spiro atoms. The van der Waals surface area contributed by atoms with Crippen molar-refractivity contribution in [3.05, 3.63) is 0 Å². The molecule has 0 bridgehead atoms. The van der Waals surface area contributed by atoms with E-state index in [4.69, 9.17) is 4.74 Å². The molecule has 3 heteroatoms. The highest BCUT2D eigenvalue weighted by Crippen LogP contribution is 2.39. The molecule has 2 aliphatic heterocycles. The third-order valence-electron chi connectivity index (χ3n) is 3.17. The van der Waals surface area contributed by atoms with Crippen LogP contribution >= 0.6 is 0 Å². The van der Waals surface area contributed by atoms with Crippen molar-refractivity contribution in [3.63, 3.8) is 0 Å². The standard InChI is InChI=1S/C9H16FNO/c1-12-7-9-3-2-4-11(9)6-8(10)5-9/h8H,2-7H2,1H3/t8?,9-/m1/s1. The van der Waals surface area contributed by atoms with Gasteiger partial charge < -0.3 is 4.74 Å². The van der Waals surface area contributed by atoms with Crippen LogP contribution in [-0.2, 0) is 4.74 Å². The van der Waals surface area contributed by atoms with Gasteiger partial charge in [-0.1, -0.05) is 0 Å². The highest BCUT2D eigenvalue weighted by molar-refractivity contribution is 5.03. The van der Waals surface area contributed by atoms with E-state index in [9.17, 15) is 4.39 Å². The van der Waals surface area contributed by atoms with Crippen molar-refractivity contribution < 1.29 is 9.13 Å². The molecule has 0 aromatic carbocycles. The van der Waals surface area contributed by atoms with Crippen molar-refractivity contribution in [2.45, 2.75) is 31.0 Å². The van der Waals surface area contributed by atoms with Gasteiger partial charge in [-0.05, 0) is 19.4 Å². The summed E-state index contributed by atoms with van der Waals surface area (Å²) >= 11 is 0. The molecule has 2 saturated heterocycles. The quantitative estimate of drug-likeness (QED) is 0.622. The Morgan fingerprint density at radius 3 is 3.25 bits per heavy atom. The Morgan fingerprint density at radius 1 is 1.67 bits per heavy atom. The zero-order valence-corrected chi connectivity index (χ0v) is 7.55. The Morgan fingerprint density at radius 2 is 2.50 bits per heavy atom. The van der Waals surface area contributed by atoms with Crippen LogP contribution in [0, 0.1) is 0 Å². The van der Waals surface area contributed by atoms with Crippen LogP contribution in [-0.4, -0.2) is 43.4 Å². The summed E-state index contributed by atoms with van der Waals surface area (Å²) in [5, 5.41) is 0. The van der Waals surface area contributed by atoms with E-state index in [1.807, 2.05) is 0 Å². The van der Waals surface area contributed by atoms with E-state index in [0.29, 0.717) is 19.6 Å². The molecule has 2 heterocycles. The lowest BCUT2D eigenvalue weighted by atomic mass is 9.95. The molecule has 0 N–H and O–H groups in total. The van der Waals surface area contributed by atoms with E-state index in [1.165, 1.54) is 6.42 Å². The minimum Gasteiger partial charge on any atom is -0.383 e. The van der Waals surface area contributed by atoms with Crippen LogP contribution in [0.1, 0.15) is 19.3 Å². The average molecular weight is 173 g/mol. The number of nitrogens with zero attached hydrogens (tertiary/aromatic N) is 1. The lowest BCUT2D eigenvalue weighted by Gasteiger charge is -2.30. The third kappa shape index (κ3) is 1.15. The van der Waals surface area contributed by atoms with E-state index in [-0.39, 0.29) is 5.54 Å². The van der Waals surface area contributed by atoms with Crippen molar-refractivity contribution in [2.24, 2.45) is 0 Å². The smallest absolute Gasteiger partial charge is 0.115 e. The molecule has 0 radical (unpaired) electrons. The summed E-state index contributed by atoms with van der Waals surface area (Å²) in [5.41, 5.74) is 0.0637. The van der Waals surface area contributed by atoms with Crippen LogP contribution in [0.3, 0.4) is 0 Å². The van der Waals surface area contributed by atoms with Crippen molar-refractivity contribution in [1.29, 1.82) is 0 Å². The van der Waals surface area contributed by atoms with Gasteiger partial charge in [0.2, 0.25) is 0 Å². The van der Waals surface area contributed by atoms with Crippen molar-refractivity contribution in [3.8, 4) is 0 Å². The SMILES string of the molecule is COC[C@]12CCCN1CC(F)C2. The second-order valence-electron chi connectivity index (χ2n) is 4.01. The summed E-state index contributed by atoms with van der Waals surface area (Å²) in [7, 11) is 1.71. The highest BCUT2D eigenvalue weighted by atomic mass is 19.1. The van der Waals surface area contributed by atoms with Gasteiger partial charge in [0.25, 0.3) is 0 Å². The summed E-state index contributed by atoms with van der Waals surface area (Å²) in [6.07, 6.45) is 2.37. The maximum atomic E-state index is 13.1. The highest BCUT2D eigenvalue weighted by Gasteiger charge is 2.48. The monoisotopic (exact) mass is 173 g/mol. The molecule has 0 saturated carbocycles. The van der Waals surface area contributed by atoms with E-state index < -0.39 is 6.17 Å². The third-order valence-corrected chi connectivity index (χ3v) is 3.17. The lowest BCUT2D eigenvalue weighted by molar-refractivity contribution is 0.0652. The summed E-state index contributed by atoms with van der Waals surface area (Å²) in [4.78, 5) is 2.27. The zero-order chi connectivity index (χ0) is 8.60. The molecule has 2 nitrogen and oxygen atoms in total. The number of ether oxygens (including phenoxy) is 1.